The number of hydrogen-bond donors (Lipinski definition) is 2. The number of carbonyl (C=O) groups is 1. The number of nitrogens with one attached hydrogen (secondary N) is 2. The standard InChI is InChI=1S/C18H23N3O5/c1-10-4-5-13(17(22)19-10)18(23)20-15-6-7-24-9-16(15)25-8-14-11(2)21-26-12(14)3/h4-5,15-16H,6-9H2,1-3H3,(H,19,22)(H,20,23)/t15-,16-/m0/s1. The summed E-state index contributed by atoms with van der Waals surface area (Å²) in [4.78, 5) is 27.1. The van der Waals surface area contributed by atoms with Crippen LogP contribution in [0, 0.1) is 20.8 Å². The molecule has 0 radical (unpaired) electrons. The fraction of sp³-hybridized carbons (Fsp3) is 0.500. The molecule has 1 amide bonds. The molecule has 0 saturated carbocycles. The minimum absolute atomic E-state index is 0.0894. The third kappa shape index (κ3) is 4.03. The number of rotatable bonds is 5. The molecular weight excluding hydrogens is 338 g/mol. The second kappa shape index (κ2) is 7.84. The van der Waals surface area contributed by atoms with E-state index >= 15 is 0 Å². The van der Waals surface area contributed by atoms with Crippen molar-refractivity contribution < 1.29 is 18.8 Å². The molecular formula is C18H23N3O5. The topological polar surface area (TPSA) is 106 Å². The van der Waals surface area contributed by atoms with Gasteiger partial charge in [-0.05, 0) is 39.3 Å². The maximum Gasteiger partial charge on any atom is 0.260 e. The van der Waals surface area contributed by atoms with E-state index in [9.17, 15) is 9.59 Å². The quantitative estimate of drug-likeness (QED) is 0.834. The zero-order valence-corrected chi connectivity index (χ0v) is 15.1. The van der Waals surface area contributed by atoms with Crippen molar-refractivity contribution in [3.63, 3.8) is 0 Å². The van der Waals surface area contributed by atoms with Crippen molar-refractivity contribution in [1.29, 1.82) is 0 Å². The molecule has 0 spiro atoms. The van der Waals surface area contributed by atoms with Gasteiger partial charge in [-0.3, -0.25) is 9.59 Å². The summed E-state index contributed by atoms with van der Waals surface area (Å²) in [6.45, 7) is 6.68. The Balaban J connectivity index is 1.67. The van der Waals surface area contributed by atoms with Gasteiger partial charge in [0.05, 0.1) is 24.9 Å². The molecule has 140 valence electrons. The molecule has 0 aliphatic carbocycles. The van der Waals surface area contributed by atoms with Gasteiger partial charge in [0, 0.05) is 17.9 Å². The van der Waals surface area contributed by atoms with E-state index in [0.717, 1.165) is 11.3 Å². The van der Waals surface area contributed by atoms with Crippen LogP contribution in [0.4, 0.5) is 0 Å². The van der Waals surface area contributed by atoms with Crippen LogP contribution in [0.2, 0.25) is 0 Å². The van der Waals surface area contributed by atoms with Gasteiger partial charge in [0.15, 0.2) is 0 Å². The van der Waals surface area contributed by atoms with E-state index < -0.39 is 11.5 Å². The lowest BCUT2D eigenvalue weighted by atomic mass is 10.1. The van der Waals surface area contributed by atoms with Crippen molar-refractivity contribution in [3.05, 3.63) is 50.8 Å². The van der Waals surface area contributed by atoms with Crippen molar-refractivity contribution in [2.45, 2.75) is 45.9 Å². The Kier molecular flexibility index (Phi) is 5.53. The predicted molar refractivity (Wildman–Crippen MR) is 93.0 cm³/mol. The van der Waals surface area contributed by atoms with Gasteiger partial charge >= 0.3 is 0 Å². The van der Waals surface area contributed by atoms with Gasteiger partial charge in [-0.25, -0.2) is 0 Å². The minimum Gasteiger partial charge on any atom is -0.379 e. The molecule has 1 fully saturated rings. The summed E-state index contributed by atoms with van der Waals surface area (Å²) in [6.07, 6.45) is 0.299. The van der Waals surface area contributed by atoms with Crippen LogP contribution in [0.3, 0.4) is 0 Å². The molecule has 1 saturated heterocycles. The number of aromatic nitrogens is 2. The van der Waals surface area contributed by atoms with Gasteiger partial charge in [0.25, 0.3) is 11.5 Å². The molecule has 3 rings (SSSR count). The van der Waals surface area contributed by atoms with E-state index in [-0.39, 0.29) is 17.7 Å². The highest BCUT2D eigenvalue weighted by atomic mass is 16.5. The zero-order chi connectivity index (χ0) is 18.7. The van der Waals surface area contributed by atoms with Crippen LogP contribution in [0.5, 0.6) is 0 Å². The van der Waals surface area contributed by atoms with Crippen LogP contribution in [0.15, 0.2) is 21.5 Å². The first kappa shape index (κ1) is 18.3. The maximum atomic E-state index is 12.5. The SMILES string of the molecule is Cc1ccc(C(=O)N[C@H]2CCOC[C@@H]2OCc2c(C)noc2C)c(=O)[nH]1. The number of H-pyrrole nitrogens is 1. The summed E-state index contributed by atoms with van der Waals surface area (Å²) in [5, 5.41) is 6.81. The number of nitrogens with zero attached hydrogens (tertiary/aromatic N) is 1. The molecule has 2 aromatic rings. The monoisotopic (exact) mass is 361 g/mol. The zero-order valence-electron chi connectivity index (χ0n) is 15.1. The Hall–Kier alpha value is -2.45. The minimum atomic E-state index is -0.413. The van der Waals surface area contributed by atoms with Gasteiger partial charge in [-0.2, -0.15) is 0 Å². The first-order chi connectivity index (χ1) is 12.5. The lowest BCUT2D eigenvalue weighted by Crippen LogP contribution is -2.50. The van der Waals surface area contributed by atoms with E-state index in [1.807, 2.05) is 13.8 Å². The predicted octanol–water partition coefficient (Wildman–Crippen LogP) is 1.39. The van der Waals surface area contributed by atoms with Crippen molar-refractivity contribution in [2.75, 3.05) is 13.2 Å². The Morgan fingerprint density at radius 1 is 1.38 bits per heavy atom. The third-order valence-electron chi connectivity index (χ3n) is 4.54. The second-order valence-electron chi connectivity index (χ2n) is 6.48. The third-order valence-corrected chi connectivity index (χ3v) is 4.54. The van der Waals surface area contributed by atoms with Gasteiger partial charge in [-0.1, -0.05) is 5.16 Å². The number of carbonyl (C=O) groups excluding carboxylic acids is 1. The van der Waals surface area contributed by atoms with E-state index in [4.69, 9.17) is 14.0 Å². The molecule has 2 atom stereocenters. The molecule has 8 nitrogen and oxygen atoms in total. The maximum absolute atomic E-state index is 12.5. The molecule has 8 heteroatoms. The lowest BCUT2D eigenvalue weighted by Gasteiger charge is -2.32. The highest BCUT2D eigenvalue weighted by molar-refractivity contribution is 5.94. The molecule has 26 heavy (non-hydrogen) atoms. The van der Waals surface area contributed by atoms with Crippen LogP contribution in [-0.4, -0.2) is 41.4 Å². The number of pyridine rings is 1. The average Bonchev–Trinajstić information content (AvgIpc) is 2.92. The van der Waals surface area contributed by atoms with Gasteiger partial charge in [0.1, 0.15) is 17.4 Å². The summed E-state index contributed by atoms with van der Waals surface area (Å²) in [5.74, 6) is 0.301. The molecule has 1 aliphatic rings. The summed E-state index contributed by atoms with van der Waals surface area (Å²) in [5.41, 5.74) is 2.08. The molecule has 0 bridgehead atoms. The fourth-order valence-electron chi connectivity index (χ4n) is 2.94. The van der Waals surface area contributed by atoms with Crippen LogP contribution < -0.4 is 10.9 Å². The Morgan fingerprint density at radius 2 is 2.19 bits per heavy atom. The molecule has 2 N–H and O–H groups in total. The van der Waals surface area contributed by atoms with Gasteiger partial charge in [0.2, 0.25) is 0 Å². The molecule has 0 unspecified atom stereocenters. The van der Waals surface area contributed by atoms with Crippen molar-refractivity contribution in [3.8, 4) is 0 Å². The Bertz CT molecular complexity index is 822. The van der Waals surface area contributed by atoms with Crippen LogP contribution in [0.25, 0.3) is 0 Å². The van der Waals surface area contributed by atoms with E-state index in [1.54, 1.807) is 13.0 Å². The smallest absolute Gasteiger partial charge is 0.260 e. The molecule has 0 aromatic carbocycles. The number of aromatic amines is 1. The lowest BCUT2D eigenvalue weighted by molar-refractivity contribution is -0.0739. The number of hydrogen-bond acceptors (Lipinski definition) is 6. The normalized spacial score (nSPS) is 20.1. The first-order valence-electron chi connectivity index (χ1n) is 8.57. The highest BCUT2D eigenvalue weighted by Crippen LogP contribution is 2.18. The van der Waals surface area contributed by atoms with Gasteiger partial charge < -0.3 is 24.3 Å². The van der Waals surface area contributed by atoms with E-state index in [1.165, 1.54) is 6.07 Å². The van der Waals surface area contributed by atoms with Crippen molar-refractivity contribution in [2.24, 2.45) is 0 Å². The number of ether oxygens (including phenoxy) is 2. The molecule has 1 aliphatic heterocycles. The first-order valence-corrected chi connectivity index (χ1v) is 8.57. The molecule has 3 heterocycles. The number of aryl methyl sites for hydroxylation is 3. The Labute approximate surface area is 150 Å². The summed E-state index contributed by atoms with van der Waals surface area (Å²) >= 11 is 0. The van der Waals surface area contributed by atoms with Crippen molar-refractivity contribution in [1.82, 2.24) is 15.5 Å². The van der Waals surface area contributed by atoms with Crippen LogP contribution >= 0.6 is 0 Å². The van der Waals surface area contributed by atoms with Crippen molar-refractivity contribution >= 4 is 5.91 Å². The van der Waals surface area contributed by atoms with Gasteiger partial charge in [-0.15, -0.1) is 0 Å². The summed E-state index contributed by atoms with van der Waals surface area (Å²) in [7, 11) is 0. The summed E-state index contributed by atoms with van der Waals surface area (Å²) < 4.78 is 16.6. The van der Waals surface area contributed by atoms with E-state index in [0.29, 0.717) is 37.7 Å². The van der Waals surface area contributed by atoms with E-state index in [2.05, 4.69) is 15.5 Å². The molecule has 2 aromatic heterocycles. The summed E-state index contributed by atoms with van der Waals surface area (Å²) in [6, 6.07) is 2.99. The van der Waals surface area contributed by atoms with Crippen LogP contribution in [0.1, 0.15) is 39.5 Å². The Morgan fingerprint density at radius 3 is 2.88 bits per heavy atom. The largest absolute Gasteiger partial charge is 0.379 e. The number of amides is 1. The fourth-order valence-corrected chi connectivity index (χ4v) is 2.94. The average molecular weight is 361 g/mol. The highest BCUT2D eigenvalue weighted by Gasteiger charge is 2.29. The second-order valence-corrected chi connectivity index (χ2v) is 6.48. The van der Waals surface area contributed by atoms with Crippen LogP contribution in [-0.2, 0) is 16.1 Å².